The van der Waals surface area contributed by atoms with Crippen molar-refractivity contribution in [3.05, 3.63) is 66.0 Å². The molecule has 4 saturated carbocycles. The third kappa shape index (κ3) is 4.12. The fourth-order valence-corrected chi connectivity index (χ4v) is 7.18. The molecule has 4 fully saturated rings. The van der Waals surface area contributed by atoms with Gasteiger partial charge in [0.15, 0.2) is 11.5 Å². The molecular weight excluding hydrogens is 464 g/mol. The van der Waals surface area contributed by atoms with Crippen LogP contribution in [0.5, 0.6) is 11.5 Å². The van der Waals surface area contributed by atoms with E-state index in [2.05, 4.69) is 10.1 Å². The molecule has 0 aliphatic heterocycles. The molecule has 7 rings (SSSR count). The van der Waals surface area contributed by atoms with E-state index in [9.17, 15) is 13.6 Å². The molecule has 1 amide bonds. The second kappa shape index (κ2) is 8.91. The van der Waals surface area contributed by atoms with Crippen molar-refractivity contribution in [1.82, 2.24) is 9.78 Å². The van der Waals surface area contributed by atoms with Gasteiger partial charge in [-0.1, -0.05) is 18.2 Å². The largest absolute Gasteiger partial charge is 0.493 e. The molecular formula is C28H29F2N3O3. The second-order valence-corrected chi connectivity index (χ2v) is 10.6. The van der Waals surface area contributed by atoms with Crippen molar-refractivity contribution in [1.29, 1.82) is 0 Å². The van der Waals surface area contributed by atoms with E-state index in [0.717, 1.165) is 30.6 Å². The van der Waals surface area contributed by atoms with Gasteiger partial charge < -0.3 is 14.8 Å². The molecule has 4 aliphatic rings. The van der Waals surface area contributed by atoms with E-state index in [1.165, 1.54) is 44.6 Å². The SMILES string of the molecule is COc1cc(NC(=O)c2cn(-c3ccccc3)nc2C23CC4CC(CC(C4)C2)C3)ccc1OC(F)F. The first-order valence-electron chi connectivity index (χ1n) is 12.5. The Balaban J connectivity index is 1.36. The lowest BCUT2D eigenvalue weighted by Gasteiger charge is -2.56. The minimum absolute atomic E-state index is 0.0753. The van der Waals surface area contributed by atoms with Crippen LogP contribution in [-0.4, -0.2) is 29.4 Å². The van der Waals surface area contributed by atoms with Crippen LogP contribution in [0.2, 0.25) is 0 Å². The predicted molar refractivity (Wildman–Crippen MR) is 131 cm³/mol. The minimum atomic E-state index is -2.97. The summed E-state index contributed by atoms with van der Waals surface area (Å²) in [6, 6.07) is 14.2. The summed E-state index contributed by atoms with van der Waals surface area (Å²) in [6.07, 6.45) is 8.97. The number of hydrogen-bond acceptors (Lipinski definition) is 4. The van der Waals surface area contributed by atoms with Gasteiger partial charge in [0.05, 0.1) is 24.1 Å². The van der Waals surface area contributed by atoms with E-state index in [1.54, 1.807) is 0 Å². The lowest BCUT2D eigenvalue weighted by Crippen LogP contribution is -2.49. The van der Waals surface area contributed by atoms with Crippen molar-refractivity contribution in [2.45, 2.75) is 50.6 Å². The highest BCUT2D eigenvalue weighted by Gasteiger charge is 2.53. The fourth-order valence-electron chi connectivity index (χ4n) is 7.18. The number of nitrogens with zero attached hydrogens (tertiary/aromatic N) is 2. The van der Waals surface area contributed by atoms with Crippen LogP contribution < -0.4 is 14.8 Å². The van der Waals surface area contributed by atoms with Crippen molar-refractivity contribution in [2.75, 3.05) is 12.4 Å². The first-order valence-corrected chi connectivity index (χ1v) is 12.5. The number of carbonyl (C=O) groups is 1. The number of para-hydroxylation sites is 1. The number of alkyl halides is 2. The Kier molecular flexibility index (Phi) is 5.69. The molecule has 1 N–H and O–H groups in total. The molecule has 1 aromatic heterocycles. The molecule has 4 aliphatic carbocycles. The van der Waals surface area contributed by atoms with Gasteiger partial charge in [-0.25, -0.2) is 4.68 Å². The summed E-state index contributed by atoms with van der Waals surface area (Å²) in [7, 11) is 1.37. The Morgan fingerprint density at radius 1 is 1.03 bits per heavy atom. The summed E-state index contributed by atoms with van der Waals surface area (Å²) in [5.74, 6) is 1.89. The number of ether oxygens (including phenoxy) is 2. The number of amides is 1. The molecule has 0 radical (unpaired) electrons. The van der Waals surface area contributed by atoms with Gasteiger partial charge in [0.25, 0.3) is 5.91 Å². The molecule has 0 saturated heterocycles. The molecule has 0 atom stereocenters. The lowest BCUT2D eigenvalue weighted by molar-refractivity contribution is -0.0512. The lowest BCUT2D eigenvalue weighted by atomic mass is 9.48. The number of halogens is 2. The molecule has 0 spiro atoms. The molecule has 1 heterocycles. The third-order valence-electron chi connectivity index (χ3n) is 8.16. The van der Waals surface area contributed by atoms with Crippen LogP contribution in [0.1, 0.15) is 54.6 Å². The summed E-state index contributed by atoms with van der Waals surface area (Å²) in [6.45, 7) is -2.97. The van der Waals surface area contributed by atoms with Crippen molar-refractivity contribution < 1.29 is 23.0 Å². The zero-order chi connectivity index (χ0) is 24.9. The number of rotatable bonds is 7. The number of anilines is 1. The summed E-state index contributed by atoms with van der Waals surface area (Å²) < 4.78 is 36.9. The predicted octanol–water partition coefficient (Wildman–Crippen LogP) is 6.20. The quantitative estimate of drug-likeness (QED) is 0.426. The van der Waals surface area contributed by atoms with E-state index in [1.807, 2.05) is 41.2 Å². The monoisotopic (exact) mass is 493 g/mol. The average molecular weight is 494 g/mol. The van der Waals surface area contributed by atoms with Crippen molar-refractivity contribution in [3.8, 4) is 17.2 Å². The molecule has 3 aromatic rings. The second-order valence-electron chi connectivity index (χ2n) is 10.6. The molecule has 8 heteroatoms. The maximum Gasteiger partial charge on any atom is 0.387 e. The van der Waals surface area contributed by atoms with E-state index in [0.29, 0.717) is 29.0 Å². The van der Waals surface area contributed by atoms with Gasteiger partial charge in [-0.3, -0.25) is 4.79 Å². The average Bonchev–Trinajstić information content (AvgIpc) is 3.31. The minimum Gasteiger partial charge on any atom is -0.493 e. The van der Waals surface area contributed by atoms with Crippen LogP contribution in [0, 0.1) is 17.8 Å². The molecule has 188 valence electrons. The summed E-state index contributed by atoms with van der Waals surface area (Å²) >= 11 is 0. The zero-order valence-electron chi connectivity index (χ0n) is 20.1. The van der Waals surface area contributed by atoms with Gasteiger partial charge >= 0.3 is 6.61 Å². The third-order valence-corrected chi connectivity index (χ3v) is 8.16. The van der Waals surface area contributed by atoms with Crippen LogP contribution in [0.15, 0.2) is 54.7 Å². The van der Waals surface area contributed by atoms with E-state index >= 15 is 0 Å². The fraction of sp³-hybridized carbons (Fsp3) is 0.429. The Labute approximate surface area is 208 Å². The van der Waals surface area contributed by atoms with Gasteiger partial charge in [0, 0.05) is 23.4 Å². The normalized spacial score (nSPS) is 26.3. The van der Waals surface area contributed by atoms with Crippen LogP contribution in [0.4, 0.5) is 14.5 Å². The first kappa shape index (κ1) is 23.0. The van der Waals surface area contributed by atoms with Gasteiger partial charge in [-0.05, 0) is 80.5 Å². The van der Waals surface area contributed by atoms with Crippen LogP contribution in [-0.2, 0) is 5.41 Å². The van der Waals surface area contributed by atoms with E-state index in [4.69, 9.17) is 9.84 Å². The highest BCUT2D eigenvalue weighted by atomic mass is 19.3. The smallest absolute Gasteiger partial charge is 0.387 e. The maximum atomic E-state index is 13.7. The van der Waals surface area contributed by atoms with Crippen LogP contribution >= 0.6 is 0 Å². The Bertz CT molecular complexity index is 1240. The standard InChI is InChI=1S/C28H29F2N3O3/c1-35-24-12-20(7-8-23(24)36-27(29)30)31-26(34)22-16-33(21-5-3-2-4-6-21)32-25(22)28-13-17-9-18(14-28)11-19(10-17)15-28/h2-8,12,16-19,27H,9-11,13-15H2,1H3,(H,31,34). The van der Waals surface area contributed by atoms with Crippen LogP contribution in [0.25, 0.3) is 5.69 Å². The Morgan fingerprint density at radius 3 is 2.31 bits per heavy atom. The van der Waals surface area contributed by atoms with Gasteiger partial charge in [-0.2, -0.15) is 13.9 Å². The van der Waals surface area contributed by atoms with Crippen molar-refractivity contribution >= 4 is 11.6 Å². The van der Waals surface area contributed by atoms with E-state index in [-0.39, 0.29) is 22.8 Å². The van der Waals surface area contributed by atoms with E-state index < -0.39 is 6.61 Å². The number of aromatic nitrogens is 2. The van der Waals surface area contributed by atoms with Crippen molar-refractivity contribution in [3.63, 3.8) is 0 Å². The Hall–Kier alpha value is -3.42. The first-order chi connectivity index (χ1) is 17.4. The summed E-state index contributed by atoms with van der Waals surface area (Å²) in [5.41, 5.74) is 2.70. The summed E-state index contributed by atoms with van der Waals surface area (Å²) in [4.78, 5) is 13.7. The molecule has 36 heavy (non-hydrogen) atoms. The number of hydrogen-bond donors (Lipinski definition) is 1. The highest BCUT2D eigenvalue weighted by molar-refractivity contribution is 6.05. The number of methoxy groups -OCH3 is 1. The van der Waals surface area contributed by atoms with Crippen LogP contribution in [0.3, 0.4) is 0 Å². The zero-order valence-corrected chi connectivity index (χ0v) is 20.1. The van der Waals surface area contributed by atoms with Gasteiger partial charge in [-0.15, -0.1) is 0 Å². The maximum absolute atomic E-state index is 13.7. The molecule has 4 bridgehead atoms. The number of benzene rings is 2. The molecule has 6 nitrogen and oxygen atoms in total. The van der Waals surface area contributed by atoms with Gasteiger partial charge in [0.1, 0.15) is 0 Å². The highest BCUT2D eigenvalue weighted by Crippen LogP contribution is 2.61. The number of nitrogens with one attached hydrogen (secondary N) is 1. The Morgan fingerprint density at radius 2 is 1.69 bits per heavy atom. The topological polar surface area (TPSA) is 65.4 Å². The van der Waals surface area contributed by atoms with Gasteiger partial charge in [0.2, 0.25) is 0 Å². The van der Waals surface area contributed by atoms with Crippen molar-refractivity contribution in [2.24, 2.45) is 17.8 Å². The summed E-state index contributed by atoms with van der Waals surface area (Å²) in [5, 5.41) is 7.98. The molecule has 0 unspecified atom stereocenters. The molecule has 2 aromatic carbocycles. The number of carbonyl (C=O) groups excluding carboxylic acids is 1.